The summed E-state index contributed by atoms with van der Waals surface area (Å²) in [6, 6.07) is 5.23. The Kier molecular flexibility index (Phi) is 2.43. The predicted molar refractivity (Wildman–Crippen MR) is 57.9 cm³/mol. The fraction of sp³-hybridized carbons (Fsp3) is 0.182. The SMILES string of the molecule is Cc1cc(O)ccc1-n1cncc1CN. The molecular weight excluding hydrogens is 190 g/mol. The molecule has 1 heterocycles. The van der Waals surface area contributed by atoms with Gasteiger partial charge in [-0.05, 0) is 30.7 Å². The maximum absolute atomic E-state index is 9.31. The molecular formula is C11H13N3O. The molecule has 1 aromatic carbocycles. The summed E-state index contributed by atoms with van der Waals surface area (Å²) in [6.07, 6.45) is 3.47. The second-order valence-electron chi connectivity index (χ2n) is 3.43. The zero-order valence-electron chi connectivity index (χ0n) is 8.51. The lowest BCUT2D eigenvalue weighted by Crippen LogP contribution is -2.05. The summed E-state index contributed by atoms with van der Waals surface area (Å²) in [4.78, 5) is 4.05. The highest BCUT2D eigenvalue weighted by Crippen LogP contribution is 2.20. The molecule has 0 bridgehead atoms. The number of phenols is 1. The van der Waals surface area contributed by atoms with Crippen LogP contribution in [0.5, 0.6) is 5.75 Å². The first kappa shape index (κ1) is 9.73. The maximum atomic E-state index is 9.31. The van der Waals surface area contributed by atoms with Gasteiger partial charge in [0, 0.05) is 18.4 Å². The maximum Gasteiger partial charge on any atom is 0.115 e. The zero-order valence-corrected chi connectivity index (χ0v) is 8.51. The normalized spacial score (nSPS) is 10.5. The number of hydrogen-bond donors (Lipinski definition) is 2. The van der Waals surface area contributed by atoms with E-state index in [-0.39, 0.29) is 5.75 Å². The quantitative estimate of drug-likeness (QED) is 0.774. The summed E-state index contributed by atoms with van der Waals surface area (Å²) in [6.45, 7) is 2.38. The summed E-state index contributed by atoms with van der Waals surface area (Å²) < 4.78 is 1.93. The predicted octanol–water partition coefficient (Wildman–Crippen LogP) is 1.35. The minimum atomic E-state index is 0.269. The molecule has 15 heavy (non-hydrogen) atoms. The van der Waals surface area contributed by atoms with Gasteiger partial charge in [0.05, 0.1) is 12.0 Å². The van der Waals surface area contributed by atoms with Crippen molar-refractivity contribution in [1.29, 1.82) is 0 Å². The monoisotopic (exact) mass is 203 g/mol. The van der Waals surface area contributed by atoms with Gasteiger partial charge >= 0.3 is 0 Å². The summed E-state index contributed by atoms with van der Waals surface area (Å²) in [5.41, 5.74) is 8.53. The van der Waals surface area contributed by atoms with Crippen molar-refractivity contribution in [2.75, 3.05) is 0 Å². The highest BCUT2D eigenvalue weighted by atomic mass is 16.3. The van der Waals surface area contributed by atoms with Gasteiger partial charge in [-0.3, -0.25) is 0 Å². The number of hydrogen-bond acceptors (Lipinski definition) is 3. The third-order valence-corrected chi connectivity index (χ3v) is 2.36. The van der Waals surface area contributed by atoms with Crippen molar-refractivity contribution in [3.05, 3.63) is 42.0 Å². The van der Waals surface area contributed by atoms with E-state index in [0.717, 1.165) is 16.9 Å². The van der Waals surface area contributed by atoms with Crippen molar-refractivity contribution < 1.29 is 5.11 Å². The third-order valence-electron chi connectivity index (χ3n) is 2.36. The van der Waals surface area contributed by atoms with Crippen LogP contribution in [0.25, 0.3) is 5.69 Å². The molecule has 0 spiro atoms. The van der Waals surface area contributed by atoms with E-state index in [1.165, 1.54) is 0 Å². The summed E-state index contributed by atoms with van der Waals surface area (Å²) in [7, 11) is 0. The fourth-order valence-corrected chi connectivity index (χ4v) is 1.60. The number of nitrogens with two attached hydrogens (primary N) is 1. The summed E-state index contributed by atoms with van der Waals surface area (Å²) in [5, 5.41) is 9.31. The van der Waals surface area contributed by atoms with Crippen LogP contribution < -0.4 is 5.73 Å². The van der Waals surface area contributed by atoms with Gasteiger partial charge in [-0.2, -0.15) is 0 Å². The van der Waals surface area contributed by atoms with Gasteiger partial charge in [-0.15, -0.1) is 0 Å². The molecule has 2 aromatic rings. The molecule has 0 unspecified atom stereocenters. The number of phenolic OH excluding ortho intramolecular Hbond substituents is 1. The van der Waals surface area contributed by atoms with Crippen LogP contribution in [-0.2, 0) is 6.54 Å². The van der Waals surface area contributed by atoms with E-state index in [9.17, 15) is 5.11 Å². The zero-order chi connectivity index (χ0) is 10.8. The molecule has 0 aliphatic rings. The first-order chi connectivity index (χ1) is 7.22. The van der Waals surface area contributed by atoms with E-state index in [1.807, 2.05) is 17.6 Å². The lowest BCUT2D eigenvalue weighted by atomic mass is 10.2. The van der Waals surface area contributed by atoms with Crippen LogP contribution in [0.4, 0.5) is 0 Å². The van der Waals surface area contributed by atoms with Gasteiger partial charge in [0.25, 0.3) is 0 Å². The Morgan fingerprint density at radius 3 is 2.93 bits per heavy atom. The van der Waals surface area contributed by atoms with Crippen molar-refractivity contribution in [1.82, 2.24) is 9.55 Å². The Morgan fingerprint density at radius 2 is 2.27 bits per heavy atom. The van der Waals surface area contributed by atoms with Crippen LogP contribution in [0.15, 0.2) is 30.7 Å². The molecule has 1 aromatic heterocycles. The minimum absolute atomic E-state index is 0.269. The molecule has 0 atom stereocenters. The molecule has 0 radical (unpaired) electrons. The minimum Gasteiger partial charge on any atom is -0.508 e. The van der Waals surface area contributed by atoms with Crippen LogP contribution >= 0.6 is 0 Å². The number of aryl methyl sites for hydroxylation is 1. The lowest BCUT2D eigenvalue weighted by Gasteiger charge is -2.09. The Bertz CT molecular complexity index is 476. The van der Waals surface area contributed by atoms with Crippen molar-refractivity contribution in [2.24, 2.45) is 5.73 Å². The Balaban J connectivity index is 2.54. The summed E-state index contributed by atoms with van der Waals surface area (Å²) in [5.74, 6) is 0.269. The number of imidazole rings is 1. The third kappa shape index (κ3) is 1.71. The largest absolute Gasteiger partial charge is 0.508 e. The first-order valence-corrected chi connectivity index (χ1v) is 4.73. The Hall–Kier alpha value is -1.81. The molecule has 4 heteroatoms. The smallest absolute Gasteiger partial charge is 0.115 e. The molecule has 0 fully saturated rings. The highest BCUT2D eigenvalue weighted by molar-refractivity contribution is 5.45. The summed E-state index contributed by atoms with van der Waals surface area (Å²) >= 11 is 0. The van der Waals surface area contributed by atoms with Crippen molar-refractivity contribution >= 4 is 0 Å². The number of nitrogens with zero attached hydrogens (tertiary/aromatic N) is 2. The second kappa shape index (κ2) is 3.74. The molecule has 2 rings (SSSR count). The molecule has 0 aliphatic heterocycles. The van der Waals surface area contributed by atoms with E-state index in [2.05, 4.69) is 4.98 Å². The molecule has 3 N–H and O–H groups in total. The highest BCUT2D eigenvalue weighted by Gasteiger charge is 2.05. The van der Waals surface area contributed by atoms with Gasteiger partial charge in [0.1, 0.15) is 5.75 Å². The van der Waals surface area contributed by atoms with E-state index in [1.54, 1.807) is 24.7 Å². The average molecular weight is 203 g/mol. The van der Waals surface area contributed by atoms with Crippen LogP contribution in [0.1, 0.15) is 11.3 Å². The topological polar surface area (TPSA) is 64.1 Å². The molecule has 0 saturated heterocycles. The standard InChI is InChI=1S/C11H13N3O/c1-8-4-10(15)2-3-11(8)14-7-13-6-9(14)5-12/h2-4,6-7,15H,5,12H2,1H3. The molecule has 78 valence electrons. The van der Waals surface area contributed by atoms with E-state index < -0.39 is 0 Å². The number of aromatic hydroxyl groups is 1. The van der Waals surface area contributed by atoms with Gasteiger partial charge in [0.2, 0.25) is 0 Å². The van der Waals surface area contributed by atoms with Crippen molar-refractivity contribution in [2.45, 2.75) is 13.5 Å². The van der Waals surface area contributed by atoms with Crippen LogP contribution in [0, 0.1) is 6.92 Å². The van der Waals surface area contributed by atoms with Crippen LogP contribution in [-0.4, -0.2) is 14.7 Å². The fourth-order valence-electron chi connectivity index (χ4n) is 1.60. The molecule has 0 amide bonds. The first-order valence-electron chi connectivity index (χ1n) is 4.73. The van der Waals surface area contributed by atoms with E-state index in [0.29, 0.717) is 6.54 Å². The van der Waals surface area contributed by atoms with E-state index >= 15 is 0 Å². The molecule has 0 aliphatic carbocycles. The molecule has 0 saturated carbocycles. The Morgan fingerprint density at radius 1 is 1.47 bits per heavy atom. The Labute approximate surface area is 88.0 Å². The number of rotatable bonds is 2. The van der Waals surface area contributed by atoms with Crippen molar-refractivity contribution in [3.8, 4) is 11.4 Å². The second-order valence-corrected chi connectivity index (χ2v) is 3.43. The van der Waals surface area contributed by atoms with Crippen molar-refractivity contribution in [3.63, 3.8) is 0 Å². The number of benzene rings is 1. The van der Waals surface area contributed by atoms with Gasteiger partial charge in [-0.1, -0.05) is 0 Å². The number of aromatic nitrogens is 2. The van der Waals surface area contributed by atoms with E-state index in [4.69, 9.17) is 5.73 Å². The van der Waals surface area contributed by atoms with Crippen LogP contribution in [0.3, 0.4) is 0 Å². The van der Waals surface area contributed by atoms with Gasteiger partial charge in [0.15, 0.2) is 0 Å². The average Bonchev–Trinajstić information content (AvgIpc) is 2.65. The lowest BCUT2D eigenvalue weighted by molar-refractivity contribution is 0.474. The molecule has 4 nitrogen and oxygen atoms in total. The van der Waals surface area contributed by atoms with Crippen LogP contribution in [0.2, 0.25) is 0 Å². The van der Waals surface area contributed by atoms with Gasteiger partial charge < -0.3 is 15.4 Å². The van der Waals surface area contributed by atoms with Gasteiger partial charge in [-0.25, -0.2) is 4.98 Å².